The van der Waals surface area contributed by atoms with Gasteiger partial charge in [-0.15, -0.1) is 0 Å². The van der Waals surface area contributed by atoms with Gasteiger partial charge in [-0.25, -0.2) is 0 Å². The Morgan fingerprint density at radius 1 is 1.22 bits per heavy atom. The van der Waals surface area contributed by atoms with Gasteiger partial charge in [0.05, 0.1) is 6.10 Å². The lowest BCUT2D eigenvalue weighted by Crippen LogP contribution is -2.56. The molecule has 124 valence electrons. The first-order valence-corrected chi connectivity index (χ1v) is 8.93. The summed E-state index contributed by atoms with van der Waals surface area (Å²) in [5.74, 6) is 1.66. The van der Waals surface area contributed by atoms with Crippen molar-refractivity contribution in [2.24, 2.45) is 34.5 Å². The largest absolute Gasteiger partial charge is 0.393 e. The van der Waals surface area contributed by atoms with E-state index in [-0.39, 0.29) is 22.5 Å². The number of fused-ring (bicyclic) bond motifs is 5. The zero-order valence-corrected chi connectivity index (χ0v) is 14.2. The topological polar surface area (TPSA) is 54.4 Å². The molecule has 0 saturated heterocycles. The van der Waals surface area contributed by atoms with Crippen LogP contribution in [0.5, 0.6) is 0 Å². The average Bonchev–Trinajstić information content (AvgIpc) is 2.69. The van der Waals surface area contributed by atoms with E-state index >= 15 is 0 Å². The van der Waals surface area contributed by atoms with Gasteiger partial charge in [0.15, 0.2) is 5.78 Å². The molecule has 7 atom stereocenters. The van der Waals surface area contributed by atoms with Crippen molar-refractivity contribution in [2.45, 2.75) is 52.6 Å². The summed E-state index contributed by atoms with van der Waals surface area (Å²) in [5, 5.41) is 11.0. The van der Waals surface area contributed by atoms with E-state index in [0.29, 0.717) is 36.4 Å². The van der Waals surface area contributed by atoms with Crippen molar-refractivity contribution in [1.82, 2.24) is 0 Å². The number of hydrogen-bond donors (Lipinski definition) is 1. The van der Waals surface area contributed by atoms with Crippen LogP contribution in [0.4, 0.5) is 0 Å². The van der Waals surface area contributed by atoms with Gasteiger partial charge in [-0.1, -0.05) is 32.4 Å². The number of aliphatic hydroxyl groups excluding tert-OH is 1. The monoisotopic (exact) mass is 314 g/mol. The molecule has 0 radical (unpaired) electrons. The van der Waals surface area contributed by atoms with Crippen molar-refractivity contribution in [3.05, 3.63) is 23.8 Å². The van der Waals surface area contributed by atoms with Crippen LogP contribution in [0.2, 0.25) is 0 Å². The quantitative estimate of drug-likeness (QED) is 0.747. The number of aliphatic hydroxyl groups is 1. The zero-order valence-electron chi connectivity index (χ0n) is 14.2. The van der Waals surface area contributed by atoms with E-state index in [1.54, 1.807) is 12.2 Å². The summed E-state index contributed by atoms with van der Waals surface area (Å²) < 4.78 is 0. The molecule has 3 unspecified atom stereocenters. The van der Waals surface area contributed by atoms with E-state index in [1.807, 2.05) is 6.08 Å². The SMILES string of the molecule is C[C@@H]1CC(=O)[C@@]2(C)C[C@H](O)C3C(CCC4=CC(=O)C=C[C@@]43C)C12. The molecule has 0 amide bonds. The van der Waals surface area contributed by atoms with Crippen LogP contribution in [-0.2, 0) is 9.59 Å². The van der Waals surface area contributed by atoms with E-state index in [0.717, 1.165) is 12.8 Å². The Balaban J connectivity index is 1.79. The highest BCUT2D eigenvalue weighted by Crippen LogP contribution is 2.64. The van der Waals surface area contributed by atoms with Crippen molar-refractivity contribution in [2.75, 3.05) is 0 Å². The van der Waals surface area contributed by atoms with Crippen LogP contribution in [0.3, 0.4) is 0 Å². The van der Waals surface area contributed by atoms with Crippen LogP contribution in [0.15, 0.2) is 23.8 Å². The van der Waals surface area contributed by atoms with Crippen molar-refractivity contribution >= 4 is 11.6 Å². The number of carbonyl (C=O) groups is 2. The van der Waals surface area contributed by atoms with Gasteiger partial charge in [0.25, 0.3) is 0 Å². The lowest BCUT2D eigenvalue weighted by atomic mass is 9.47. The molecular weight excluding hydrogens is 288 g/mol. The molecule has 4 rings (SSSR count). The average molecular weight is 314 g/mol. The zero-order chi connectivity index (χ0) is 16.6. The summed E-state index contributed by atoms with van der Waals surface area (Å²) >= 11 is 0. The maximum absolute atomic E-state index is 12.6. The molecule has 0 heterocycles. The molecule has 4 aliphatic carbocycles. The molecule has 0 bridgehead atoms. The fraction of sp³-hybridized carbons (Fsp3) is 0.700. The predicted octanol–water partition coefficient (Wildman–Crippen LogP) is 3.08. The van der Waals surface area contributed by atoms with Crippen LogP contribution in [-0.4, -0.2) is 22.8 Å². The van der Waals surface area contributed by atoms with Crippen molar-refractivity contribution in [3.8, 4) is 0 Å². The third-order valence-electron chi connectivity index (χ3n) is 7.51. The van der Waals surface area contributed by atoms with Gasteiger partial charge in [0, 0.05) is 23.2 Å². The molecule has 3 nitrogen and oxygen atoms in total. The highest BCUT2D eigenvalue weighted by molar-refractivity contribution is 6.01. The summed E-state index contributed by atoms with van der Waals surface area (Å²) in [6.07, 6.45) is 8.12. The second kappa shape index (κ2) is 4.66. The molecule has 3 fully saturated rings. The molecule has 0 aliphatic heterocycles. The first-order chi connectivity index (χ1) is 10.8. The number of rotatable bonds is 0. The molecule has 3 heteroatoms. The summed E-state index contributed by atoms with van der Waals surface area (Å²) in [4.78, 5) is 24.3. The molecule has 0 aromatic rings. The van der Waals surface area contributed by atoms with E-state index in [4.69, 9.17) is 0 Å². The van der Waals surface area contributed by atoms with Crippen LogP contribution < -0.4 is 0 Å². The highest BCUT2D eigenvalue weighted by Gasteiger charge is 2.63. The van der Waals surface area contributed by atoms with Gasteiger partial charge in [-0.3, -0.25) is 9.59 Å². The molecule has 4 aliphatic rings. The molecule has 23 heavy (non-hydrogen) atoms. The van der Waals surface area contributed by atoms with E-state index in [9.17, 15) is 14.7 Å². The smallest absolute Gasteiger partial charge is 0.178 e. The number of allylic oxidation sites excluding steroid dienone is 4. The standard InChI is InChI=1S/C20H26O3/c1-11-8-16(23)20(3)10-15(22)18-14(17(11)20)5-4-12-9-13(21)6-7-19(12,18)2/h6-7,9,11,14-15,17-18,22H,4-5,8,10H2,1-3H3/t11-,14?,15+,17?,18?,19+,20-/m1/s1. The van der Waals surface area contributed by atoms with Crippen LogP contribution in [0.25, 0.3) is 0 Å². The van der Waals surface area contributed by atoms with Gasteiger partial charge in [-0.2, -0.15) is 0 Å². The van der Waals surface area contributed by atoms with Gasteiger partial charge in [-0.05, 0) is 49.2 Å². The Labute approximate surface area is 137 Å². The van der Waals surface area contributed by atoms with Gasteiger partial charge in [0.1, 0.15) is 5.78 Å². The molecule has 1 N–H and O–H groups in total. The normalized spacial score (nSPS) is 51.8. The molecule has 0 spiro atoms. The lowest BCUT2D eigenvalue weighted by molar-refractivity contribution is -0.144. The Morgan fingerprint density at radius 2 is 1.96 bits per heavy atom. The fourth-order valence-corrected chi connectivity index (χ4v) is 6.61. The van der Waals surface area contributed by atoms with Crippen molar-refractivity contribution in [1.29, 1.82) is 0 Å². The number of Topliss-reactive ketones (excluding diaryl/α,β-unsaturated/α-hetero) is 1. The Hall–Kier alpha value is -1.22. The summed E-state index contributed by atoms with van der Waals surface area (Å²) in [7, 11) is 0. The Morgan fingerprint density at radius 3 is 2.70 bits per heavy atom. The minimum atomic E-state index is -0.470. The Bertz CT molecular complexity index is 645. The summed E-state index contributed by atoms with van der Waals surface area (Å²) in [6.45, 7) is 6.46. The maximum Gasteiger partial charge on any atom is 0.178 e. The fourth-order valence-electron chi connectivity index (χ4n) is 6.61. The van der Waals surface area contributed by atoms with Crippen LogP contribution in [0, 0.1) is 34.5 Å². The molecule has 0 aromatic heterocycles. The number of hydrogen-bond acceptors (Lipinski definition) is 3. The van der Waals surface area contributed by atoms with E-state index < -0.39 is 6.10 Å². The van der Waals surface area contributed by atoms with E-state index in [2.05, 4.69) is 20.8 Å². The summed E-state index contributed by atoms with van der Waals surface area (Å²) in [5.41, 5.74) is 0.584. The molecular formula is C20H26O3. The highest BCUT2D eigenvalue weighted by atomic mass is 16.3. The maximum atomic E-state index is 12.6. The first kappa shape index (κ1) is 15.3. The van der Waals surface area contributed by atoms with Crippen molar-refractivity contribution in [3.63, 3.8) is 0 Å². The minimum Gasteiger partial charge on any atom is -0.393 e. The minimum absolute atomic E-state index is 0.0653. The third-order valence-corrected chi connectivity index (χ3v) is 7.51. The van der Waals surface area contributed by atoms with Crippen LogP contribution >= 0.6 is 0 Å². The molecule has 3 saturated carbocycles. The van der Waals surface area contributed by atoms with Crippen molar-refractivity contribution < 1.29 is 14.7 Å². The van der Waals surface area contributed by atoms with Gasteiger partial charge >= 0.3 is 0 Å². The van der Waals surface area contributed by atoms with E-state index in [1.165, 1.54) is 5.57 Å². The predicted molar refractivity (Wildman–Crippen MR) is 87.6 cm³/mol. The number of carbonyl (C=O) groups excluding carboxylic acids is 2. The van der Waals surface area contributed by atoms with Gasteiger partial charge in [0.2, 0.25) is 0 Å². The first-order valence-electron chi connectivity index (χ1n) is 8.93. The Kier molecular flexibility index (Phi) is 3.10. The van der Waals surface area contributed by atoms with Gasteiger partial charge < -0.3 is 5.11 Å². The second-order valence-corrected chi connectivity index (χ2v) is 8.74. The van der Waals surface area contributed by atoms with Crippen LogP contribution in [0.1, 0.15) is 46.5 Å². The lowest BCUT2D eigenvalue weighted by Gasteiger charge is -2.58. The summed E-state index contributed by atoms with van der Waals surface area (Å²) in [6, 6.07) is 0. The number of ketones is 2. The molecule has 0 aromatic carbocycles. The third kappa shape index (κ3) is 1.86. The second-order valence-electron chi connectivity index (χ2n) is 8.74.